The van der Waals surface area contributed by atoms with Crippen LogP contribution in [0.4, 0.5) is 0 Å². The monoisotopic (exact) mass is 493 g/mol. The summed E-state index contributed by atoms with van der Waals surface area (Å²) < 4.78 is 0. The predicted octanol–water partition coefficient (Wildman–Crippen LogP) is 2.54. The van der Waals surface area contributed by atoms with Crippen molar-refractivity contribution in [1.29, 1.82) is 0 Å². The first-order valence-electron chi connectivity index (χ1n) is 9.11. The Kier molecular flexibility index (Phi) is 11.1. The maximum Gasteiger partial charge on any atom is 0.243 e. The van der Waals surface area contributed by atoms with E-state index >= 15 is 0 Å². The maximum atomic E-state index is 11.8. The van der Waals surface area contributed by atoms with Crippen LogP contribution >= 0.6 is 35.3 Å². The number of hydrogen-bond donors (Lipinski definition) is 2. The van der Waals surface area contributed by atoms with Crippen LogP contribution < -0.4 is 10.6 Å². The highest BCUT2D eigenvalue weighted by molar-refractivity contribution is 14.0. The molecule has 1 aromatic heterocycles. The fourth-order valence-corrected chi connectivity index (χ4v) is 3.70. The van der Waals surface area contributed by atoms with Gasteiger partial charge in [0.25, 0.3) is 0 Å². The summed E-state index contributed by atoms with van der Waals surface area (Å²) in [4.78, 5) is 21.8. The second-order valence-corrected chi connectivity index (χ2v) is 7.51. The molecule has 0 bridgehead atoms. The number of aliphatic imine (C=N–C) groups is 1. The van der Waals surface area contributed by atoms with Gasteiger partial charge in [-0.15, -0.1) is 35.3 Å². The largest absolute Gasteiger partial charge is 0.356 e. The molecule has 0 radical (unpaired) electrons. The van der Waals surface area contributed by atoms with E-state index in [0.717, 1.165) is 38.6 Å². The molecule has 8 heteroatoms. The van der Waals surface area contributed by atoms with E-state index in [1.807, 2.05) is 0 Å². The van der Waals surface area contributed by atoms with E-state index in [9.17, 15) is 4.79 Å². The van der Waals surface area contributed by atoms with E-state index in [1.54, 1.807) is 30.3 Å². The van der Waals surface area contributed by atoms with E-state index in [2.05, 4.69) is 45.0 Å². The number of likely N-dealkylation sites (N-methyl/N-ethyl adjacent to an activating group) is 1. The van der Waals surface area contributed by atoms with Gasteiger partial charge in [-0.2, -0.15) is 0 Å². The van der Waals surface area contributed by atoms with Crippen LogP contribution in [0.3, 0.4) is 0 Å². The Balaban J connectivity index is 0.00000338. The highest BCUT2D eigenvalue weighted by Gasteiger charge is 2.24. The molecule has 2 N–H and O–H groups in total. The summed E-state index contributed by atoms with van der Waals surface area (Å²) in [6.07, 6.45) is 3.56. The first kappa shape index (κ1) is 23.2. The number of halogens is 1. The van der Waals surface area contributed by atoms with Crippen molar-refractivity contribution in [3.63, 3.8) is 0 Å². The van der Waals surface area contributed by atoms with E-state index in [1.165, 1.54) is 17.7 Å². The van der Waals surface area contributed by atoms with Gasteiger partial charge in [0, 0.05) is 32.1 Å². The normalized spacial score (nSPS) is 16.0. The molecular formula is C18H32IN5OS. The second kappa shape index (κ2) is 12.5. The van der Waals surface area contributed by atoms with Gasteiger partial charge in [-0.3, -0.25) is 9.69 Å². The zero-order valence-electron chi connectivity index (χ0n) is 16.0. The second-order valence-electron chi connectivity index (χ2n) is 6.53. The fraction of sp³-hybridized carbons (Fsp3) is 0.667. The Morgan fingerprint density at radius 2 is 2.08 bits per heavy atom. The van der Waals surface area contributed by atoms with Crippen LogP contribution in [-0.4, -0.2) is 68.5 Å². The van der Waals surface area contributed by atoms with E-state index in [4.69, 9.17) is 0 Å². The third kappa shape index (κ3) is 7.40. The van der Waals surface area contributed by atoms with Gasteiger partial charge in [-0.1, -0.05) is 13.0 Å². The van der Waals surface area contributed by atoms with Crippen molar-refractivity contribution in [1.82, 2.24) is 20.4 Å². The van der Waals surface area contributed by atoms with E-state index in [0.29, 0.717) is 6.04 Å². The third-order valence-corrected chi connectivity index (χ3v) is 5.30. The fourth-order valence-electron chi connectivity index (χ4n) is 2.84. The first-order chi connectivity index (χ1) is 12.1. The number of carbonyl (C=O) groups is 1. The topological polar surface area (TPSA) is 60.0 Å². The Bertz CT molecular complexity index is 544. The van der Waals surface area contributed by atoms with Gasteiger partial charge in [0.05, 0.1) is 6.04 Å². The minimum absolute atomic E-state index is 0. The van der Waals surface area contributed by atoms with Crippen LogP contribution in [0.15, 0.2) is 22.5 Å². The highest BCUT2D eigenvalue weighted by atomic mass is 127. The Hall–Kier alpha value is -0.870. The maximum absolute atomic E-state index is 11.8. The zero-order valence-corrected chi connectivity index (χ0v) is 19.2. The molecular weight excluding hydrogens is 461 g/mol. The van der Waals surface area contributed by atoms with Crippen LogP contribution in [0, 0.1) is 0 Å². The van der Waals surface area contributed by atoms with E-state index < -0.39 is 0 Å². The molecule has 1 aromatic rings. The number of nitrogens with one attached hydrogen (secondary N) is 2. The number of guanidine groups is 1. The summed E-state index contributed by atoms with van der Waals surface area (Å²) in [5.74, 6) is 0.727. The number of thiophene rings is 1. The summed E-state index contributed by atoms with van der Waals surface area (Å²) in [6, 6.07) is 4.69. The molecule has 0 saturated carbocycles. The molecule has 0 aromatic carbocycles. The average molecular weight is 493 g/mol. The Morgan fingerprint density at radius 1 is 1.35 bits per heavy atom. The van der Waals surface area contributed by atoms with Crippen molar-refractivity contribution >= 4 is 47.2 Å². The summed E-state index contributed by atoms with van der Waals surface area (Å²) in [5, 5.41) is 8.89. The lowest BCUT2D eigenvalue weighted by Gasteiger charge is -2.27. The standard InChI is InChI=1S/C18H31N5OS.HI/c1-4-9-19-18(21-14-17(24)22(2)3)20-13-15(16-8-7-12-25-16)23-10-5-6-11-23;/h7-8,12,15H,4-6,9-11,13-14H2,1-3H3,(H2,19,20,21);1H. The SMILES string of the molecule is CCCNC(=NCC(=O)N(C)C)NCC(c1cccs1)N1CCCC1.I. The molecule has 26 heavy (non-hydrogen) atoms. The number of rotatable bonds is 8. The van der Waals surface area contributed by atoms with Crippen molar-refractivity contribution in [2.24, 2.45) is 4.99 Å². The van der Waals surface area contributed by atoms with Crippen LogP contribution in [0.2, 0.25) is 0 Å². The van der Waals surface area contributed by atoms with Gasteiger partial charge in [-0.25, -0.2) is 4.99 Å². The van der Waals surface area contributed by atoms with Gasteiger partial charge < -0.3 is 15.5 Å². The lowest BCUT2D eigenvalue weighted by Crippen LogP contribution is -2.43. The van der Waals surface area contributed by atoms with Gasteiger partial charge in [0.1, 0.15) is 6.54 Å². The minimum Gasteiger partial charge on any atom is -0.356 e. The van der Waals surface area contributed by atoms with Gasteiger partial charge in [0.2, 0.25) is 5.91 Å². The molecule has 1 atom stereocenters. The van der Waals surface area contributed by atoms with Crippen LogP contribution in [0.5, 0.6) is 0 Å². The number of likely N-dealkylation sites (tertiary alicyclic amines) is 1. The van der Waals surface area contributed by atoms with Crippen LogP contribution in [-0.2, 0) is 4.79 Å². The predicted molar refractivity (Wildman–Crippen MR) is 121 cm³/mol. The summed E-state index contributed by atoms with van der Waals surface area (Å²) in [5.41, 5.74) is 0. The summed E-state index contributed by atoms with van der Waals surface area (Å²) in [6.45, 7) is 6.23. The van der Waals surface area contributed by atoms with Crippen LogP contribution in [0.1, 0.15) is 37.1 Å². The minimum atomic E-state index is 0. The third-order valence-electron chi connectivity index (χ3n) is 4.33. The van der Waals surface area contributed by atoms with Crippen molar-refractivity contribution in [3.05, 3.63) is 22.4 Å². The van der Waals surface area contributed by atoms with Crippen molar-refractivity contribution < 1.29 is 4.79 Å². The van der Waals surface area contributed by atoms with Gasteiger partial charge in [-0.05, 0) is 43.8 Å². The molecule has 1 aliphatic rings. The molecule has 2 heterocycles. The zero-order chi connectivity index (χ0) is 18.1. The lowest BCUT2D eigenvalue weighted by atomic mass is 10.2. The molecule has 0 aliphatic carbocycles. The molecule has 1 unspecified atom stereocenters. The summed E-state index contributed by atoms with van der Waals surface area (Å²) in [7, 11) is 3.51. The molecule has 1 aliphatic heterocycles. The highest BCUT2D eigenvalue weighted by Crippen LogP contribution is 2.27. The molecule has 1 amide bonds. The number of amides is 1. The van der Waals surface area contributed by atoms with Crippen molar-refractivity contribution in [2.45, 2.75) is 32.2 Å². The Labute approximate surface area is 178 Å². The first-order valence-corrected chi connectivity index (χ1v) is 9.99. The van der Waals surface area contributed by atoms with Gasteiger partial charge in [0.15, 0.2) is 5.96 Å². The van der Waals surface area contributed by atoms with Gasteiger partial charge >= 0.3 is 0 Å². The van der Waals surface area contributed by atoms with Crippen molar-refractivity contribution in [3.8, 4) is 0 Å². The molecule has 2 rings (SSSR count). The quantitative estimate of drug-likeness (QED) is 0.332. The van der Waals surface area contributed by atoms with Crippen LogP contribution in [0.25, 0.3) is 0 Å². The molecule has 6 nitrogen and oxygen atoms in total. The molecule has 0 spiro atoms. The number of hydrogen-bond acceptors (Lipinski definition) is 4. The Morgan fingerprint density at radius 3 is 2.65 bits per heavy atom. The summed E-state index contributed by atoms with van der Waals surface area (Å²) >= 11 is 1.81. The average Bonchev–Trinajstić information content (AvgIpc) is 3.30. The molecule has 148 valence electrons. The van der Waals surface area contributed by atoms with E-state index in [-0.39, 0.29) is 36.4 Å². The molecule has 1 saturated heterocycles. The van der Waals surface area contributed by atoms with Crippen molar-refractivity contribution in [2.75, 3.05) is 46.8 Å². The smallest absolute Gasteiger partial charge is 0.243 e. The number of nitrogens with zero attached hydrogens (tertiary/aromatic N) is 3. The number of carbonyl (C=O) groups excluding carboxylic acids is 1. The molecule has 1 fully saturated rings. The lowest BCUT2D eigenvalue weighted by molar-refractivity contribution is -0.127.